The van der Waals surface area contributed by atoms with E-state index in [9.17, 15) is 9.59 Å². The fourth-order valence-electron chi connectivity index (χ4n) is 3.36. The highest BCUT2D eigenvalue weighted by Gasteiger charge is 2.24. The molecule has 1 aliphatic heterocycles. The molecule has 0 saturated carbocycles. The normalized spacial score (nSPS) is 15.3. The first-order valence-corrected chi connectivity index (χ1v) is 8.67. The topological polar surface area (TPSA) is 107 Å². The molecule has 1 aromatic carbocycles. The first-order valence-electron chi connectivity index (χ1n) is 8.67. The molecular weight excluding hydrogens is 332 g/mol. The number of carbonyl (C=O) groups is 1. The maximum Gasteiger partial charge on any atom is 0.272 e. The van der Waals surface area contributed by atoms with E-state index < -0.39 is 0 Å². The summed E-state index contributed by atoms with van der Waals surface area (Å²) in [6.45, 7) is 3.63. The van der Waals surface area contributed by atoms with E-state index in [2.05, 4.69) is 30.6 Å². The predicted molar refractivity (Wildman–Crippen MR) is 98.4 cm³/mol. The van der Waals surface area contributed by atoms with Crippen LogP contribution in [-0.4, -0.2) is 45.4 Å². The maximum absolute atomic E-state index is 12.7. The molecule has 0 unspecified atom stereocenters. The Kier molecular flexibility index (Phi) is 4.16. The number of anilines is 1. The number of aromatic nitrogens is 4. The highest BCUT2D eigenvalue weighted by molar-refractivity contribution is 6.04. The Labute approximate surface area is 149 Å². The molecule has 2 aromatic heterocycles. The summed E-state index contributed by atoms with van der Waals surface area (Å²) in [5.41, 5.74) is 0.997. The summed E-state index contributed by atoms with van der Waals surface area (Å²) in [5.74, 6) is 0.687. The SMILES string of the molecule is Cc1cc(N2CCC(NC(=O)c3n[nH]c(=O)c4ccccc34)CC2)n[nH]1. The standard InChI is InChI=1S/C18H20N6O2/c1-11-10-15(21-20-11)24-8-6-12(7-9-24)19-18(26)16-13-4-2-3-5-14(13)17(25)23-22-16/h2-5,10,12H,6-9H2,1H3,(H,19,26)(H,20,21)(H,23,25). The Morgan fingerprint density at radius 1 is 1.15 bits per heavy atom. The van der Waals surface area contributed by atoms with Crippen molar-refractivity contribution < 1.29 is 4.79 Å². The van der Waals surface area contributed by atoms with Gasteiger partial charge in [-0.05, 0) is 25.8 Å². The smallest absolute Gasteiger partial charge is 0.272 e. The highest BCUT2D eigenvalue weighted by atomic mass is 16.2. The minimum atomic E-state index is -0.292. The van der Waals surface area contributed by atoms with Crippen molar-refractivity contribution in [1.29, 1.82) is 0 Å². The van der Waals surface area contributed by atoms with Gasteiger partial charge in [0.25, 0.3) is 11.5 Å². The second-order valence-corrected chi connectivity index (χ2v) is 6.59. The number of H-pyrrole nitrogens is 2. The van der Waals surface area contributed by atoms with E-state index in [0.717, 1.165) is 37.4 Å². The second-order valence-electron chi connectivity index (χ2n) is 6.59. The molecule has 0 bridgehead atoms. The largest absolute Gasteiger partial charge is 0.355 e. The van der Waals surface area contributed by atoms with Gasteiger partial charge in [0, 0.05) is 36.3 Å². The molecule has 26 heavy (non-hydrogen) atoms. The van der Waals surface area contributed by atoms with Gasteiger partial charge in [-0.3, -0.25) is 14.7 Å². The predicted octanol–water partition coefficient (Wildman–Crippen LogP) is 1.35. The molecule has 1 fully saturated rings. The molecule has 0 atom stereocenters. The van der Waals surface area contributed by atoms with Gasteiger partial charge in [-0.15, -0.1) is 0 Å². The zero-order valence-corrected chi connectivity index (χ0v) is 14.5. The van der Waals surface area contributed by atoms with Gasteiger partial charge in [-0.2, -0.15) is 10.2 Å². The molecule has 0 aliphatic carbocycles. The van der Waals surface area contributed by atoms with Crippen LogP contribution in [0.1, 0.15) is 29.0 Å². The number of rotatable bonds is 3. The zero-order valence-electron chi connectivity index (χ0n) is 14.5. The first kappa shape index (κ1) is 16.3. The van der Waals surface area contributed by atoms with Crippen molar-refractivity contribution in [2.24, 2.45) is 0 Å². The molecule has 1 saturated heterocycles. The van der Waals surface area contributed by atoms with Crippen LogP contribution in [0.15, 0.2) is 35.1 Å². The third-order valence-corrected chi connectivity index (χ3v) is 4.76. The van der Waals surface area contributed by atoms with E-state index in [4.69, 9.17) is 0 Å². The van der Waals surface area contributed by atoms with Gasteiger partial charge >= 0.3 is 0 Å². The third-order valence-electron chi connectivity index (χ3n) is 4.76. The lowest BCUT2D eigenvalue weighted by molar-refractivity contribution is 0.0927. The van der Waals surface area contributed by atoms with Gasteiger partial charge < -0.3 is 10.2 Å². The molecule has 0 spiro atoms. The molecule has 3 heterocycles. The van der Waals surface area contributed by atoms with Gasteiger partial charge in [-0.1, -0.05) is 18.2 Å². The number of hydrogen-bond donors (Lipinski definition) is 3. The van der Waals surface area contributed by atoms with E-state index in [0.29, 0.717) is 10.8 Å². The summed E-state index contributed by atoms with van der Waals surface area (Å²) in [6.07, 6.45) is 1.66. The van der Waals surface area contributed by atoms with Crippen molar-refractivity contribution in [3.05, 3.63) is 52.1 Å². The van der Waals surface area contributed by atoms with Crippen LogP contribution in [0.3, 0.4) is 0 Å². The fraction of sp³-hybridized carbons (Fsp3) is 0.333. The van der Waals surface area contributed by atoms with Crippen LogP contribution in [0.25, 0.3) is 10.8 Å². The molecule has 1 amide bonds. The lowest BCUT2D eigenvalue weighted by Crippen LogP contribution is -2.45. The van der Waals surface area contributed by atoms with E-state index in [1.807, 2.05) is 13.0 Å². The minimum Gasteiger partial charge on any atom is -0.355 e. The molecule has 8 nitrogen and oxygen atoms in total. The monoisotopic (exact) mass is 352 g/mol. The lowest BCUT2D eigenvalue weighted by atomic mass is 10.0. The molecule has 8 heteroatoms. The number of piperidine rings is 1. The van der Waals surface area contributed by atoms with Gasteiger partial charge in [0.15, 0.2) is 11.5 Å². The third kappa shape index (κ3) is 3.05. The number of nitrogens with one attached hydrogen (secondary N) is 3. The number of hydrogen-bond acceptors (Lipinski definition) is 5. The Bertz CT molecular complexity index is 1000. The summed E-state index contributed by atoms with van der Waals surface area (Å²) >= 11 is 0. The van der Waals surface area contributed by atoms with Crippen LogP contribution in [0.4, 0.5) is 5.82 Å². The zero-order chi connectivity index (χ0) is 18.1. The van der Waals surface area contributed by atoms with Gasteiger partial charge in [0.1, 0.15) is 0 Å². The van der Waals surface area contributed by atoms with Crippen molar-refractivity contribution in [3.63, 3.8) is 0 Å². The molecule has 0 radical (unpaired) electrons. The lowest BCUT2D eigenvalue weighted by Gasteiger charge is -2.32. The second kappa shape index (κ2) is 6.62. The first-order chi connectivity index (χ1) is 12.6. The van der Waals surface area contributed by atoms with Gasteiger partial charge in [0.05, 0.1) is 5.39 Å². The quantitative estimate of drug-likeness (QED) is 0.660. The number of carbonyl (C=O) groups excluding carboxylic acids is 1. The number of benzene rings is 1. The van der Waals surface area contributed by atoms with Crippen molar-refractivity contribution in [3.8, 4) is 0 Å². The molecule has 1 aliphatic rings. The molecule has 3 aromatic rings. The summed E-state index contributed by atoms with van der Waals surface area (Å²) in [7, 11) is 0. The van der Waals surface area contributed by atoms with Gasteiger partial charge in [0.2, 0.25) is 0 Å². The summed E-state index contributed by atoms with van der Waals surface area (Å²) < 4.78 is 0. The number of nitrogens with zero attached hydrogens (tertiary/aromatic N) is 3. The summed E-state index contributed by atoms with van der Waals surface area (Å²) in [5, 5.41) is 17.7. The van der Waals surface area contributed by atoms with Crippen molar-refractivity contribution in [2.45, 2.75) is 25.8 Å². The van der Waals surface area contributed by atoms with Crippen LogP contribution in [-0.2, 0) is 0 Å². The Hall–Kier alpha value is -3.16. The fourth-order valence-corrected chi connectivity index (χ4v) is 3.36. The minimum absolute atomic E-state index is 0.0753. The van der Waals surface area contributed by atoms with E-state index in [-0.39, 0.29) is 23.2 Å². The average Bonchev–Trinajstić information content (AvgIpc) is 3.09. The number of aromatic amines is 2. The molecule has 4 rings (SSSR count). The summed E-state index contributed by atoms with van der Waals surface area (Å²) in [4.78, 5) is 26.7. The van der Waals surface area contributed by atoms with Crippen LogP contribution < -0.4 is 15.8 Å². The van der Waals surface area contributed by atoms with Crippen LogP contribution in [0.2, 0.25) is 0 Å². The maximum atomic E-state index is 12.7. The molecular formula is C18H20N6O2. The van der Waals surface area contributed by atoms with Crippen molar-refractivity contribution in [1.82, 2.24) is 25.7 Å². The number of aryl methyl sites for hydroxylation is 1. The van der Waals surface area contributed by atoms with Crippen LogP contribution in [0.5, 0.6) is 0 Å². The molecule has 3 N–H and O–H groups in total. The van der Waals surface area contributed by atoms with E-state index in [1.54, 1.807) is 24.3 Å². The van der Waals surface area contributed by atoms with Crippen molar-refractivity contribution >= 4 is 22.5 Å². The van der Waals surface area contributed by atoms with Gasteiger partial charge in [-0.25, -0.2) is 5.10 Å². The van der Waals surface area contributed by atoms with E-state index in [1.165, 1.54) is 0 Å². The van der Waals surface area contributed by atoms with Crippen LogP contribution in [0, 0.1) is 6.92 Å². The Morgan fingerprint density at radius 2 is 1.88 bits per heavy atom. The number of fused-ring (bicyclic) bond motifs is 1. The average molecular weight is 352 g/mol. The van der Waals surface area contributed by atoms with E-state index >= 15 is 0 Å². The Balaban J connectivity index is 1.45. The molecule has 134 valence electrons. The van der Waals surface area contributed by atoms with Crippen molar-refractivity contribution in [2.75, 3.05) is 18.0 Å². The summed E-state index contributed by atoms with van der Waals surface area (Å²) in [6, 6.07) is 9.10. The highest BCUT2D eigenvalue weighted by Crippen LogP contribution is 2.19. The number of amides is 1. The Morgan fingerprint density at radius 3 is 2.58 bits per heavy atom. The van der Waals surface area contributed by atoms with Crippen LogP contribution >= 0.6 is 0 Å².